The average Bonchev–Trinajstić information content (AvgIpc) is 3.23. The van der Waals surface area contributed by atoms with E-state index in [1.165, 1.54) is 11.1 Å². The van der Waals surface area contributed by atoms with Gasteiger partial charge in [-0.15, -0.1) is 0 Å². The lowest BCUT2D eigenvalue weighted by molar-refractivity contribution is 0.0988. The molecule has 4 N–H and O–H groups in total. The van der Waals surface area contributed by atoms with E-state index < -0.39 is 16.4 Å². The van der Waals surface area contributed by atoms with Crippen LogP contribution in [0.5, 0.6) is 5.75 Å². The zero-order valence-corrected chi connectivity index (χ0v) is 16.7. The third-order valence-electron chi connectivity index (χ3n) is 5.55. The molecule has 1 aromatic carbocycles. The van der Waals surface area contributed by atoms with Crippen molar-refractivity contribution in [3.8, 4) is 5.75 Å². The van der Waals surface area contributed by atoms with Crippen LogP contribution in [0.2, 0.25) is 0 Å². The first-order valence-corrected chi connectivity index (χ1v) is 11.2. The van der Waals surface area contributed by atoms with E-state index in [0.717, 1.165) is 18.7 Å². The van der Waals surface area contributed by atoms with Crippen molar-refractivity contribution in [3.05, 3.63) is 53.7 Å². The van der Waals surface area contributed by atoms with Gasteiger partial charge in [0.2, 0.25) is 0 Å². The Morgan fingerprint density at radius 1 is 1.24 bits per heavy atom. The lowest BCUT2D eigenvalue weighted by Crippen LogP contribution is -2.24. The average molecular weight is 420 g/mol. The van der Waals surface area contributed by atoms with Gasteiger partial charge in [0.1, 0.15) is 17.7 Å². The van der Waals surface area contributed by atoms with Gasteiger partial charge in [-0.3, -0.25) is 4.18 Å². The standard InChI is InChI=1S/C20H25N3O5S/c21-29(25,26)27-12-14-9-16(10-19(14)24)28-15-7-8-22-20(11-15)23-18-6-5-13-3-1-2-4-17(13)18/h1-4,7-8,11,14,16,18-19,24H,5-6,9-10,12H2,(H,22,23)(H2,21,25,26)/t14-,16+,18-,19-/m0/s1. The van der Waals surface area contributed by atoms with E-state index in [1.807, 2.05) is 12.1 Å². The van der Waals surface area contributed by atoms with Crippen molar-refractivity contribution in [1.29, 1.82) is 0 Å². The Morgan fingerprint density at radius 2 is 2.07 bits per heavy atom. The lowest BCUT2D eigenvalue weighted by Gasteiger charge is -2.17. The first kappa shape index (κ1) is 20.1. The lowest BCUT2D eigenvalue weighted by atomic mass is 10.1. The molecular formula is C20H25N3O5S. The molecule has 1 fully saturated rings. The van der Waals surface area contributed by atoms with Crippen molar-refractivity contribution in [2.24, 2.45) is 11.1 Å². The Hall–Kier alpha value is -2.20. The number of pyridine rings is 1. The van der Waals surface area contributed by atoms with Crippen LogP contribution >= 0.6 is 0 Å². The number of anilines is 1. The molecule has 0 bridgehead atoms. The smallest absolute Gasteiger partial charge is 0.333 e. The molecule has 0 amide bonds. The summed E-state index contributed by atoms with van der Waals surface area (Å²) in [5, 5.41) is 18.5. The molecule has 1 saturated carbocycles. The van der Waals surface area contributed by atoms with Crippen LogP contribution in [0.3, 0.4) is 0 Å². The fourth-order valence-corrected chi connectivity index (χ4v) is 4.52. The minimum absolute atomic E-state index is 0.149. The monoisotopic (exact) mass is 419 g/mol. The minimum Gasteiger partial charge on any atom is -0.490 e. The predicted molar refractivity (Wildman–Crippen MR) is 108 cm³/mol. The molecule has 2 aliphatic carbocycles. The molecule has 0 spiro atoms. The van der Waals surface area contributed by atoms with Crippen LogP contribution < -0.4 is 15.2 Å². The number of rotatable bonds is 7. The highest BCUT2D eigenvalue weighted by atomic mass is 32.2. The first-order chi connectivity index (χ1) is 13.9. The van der Waals surface area contributed by atoms with Crippen LogP contribution in [0, 0.1) is 5.92 Å². The van der Waals surface area contributed by atoms with Crippen LogP contribution in [0.4, 0.5) is 5.82 Å². The Bertz CT molecular complexity index is 968. The summed E-state index contributed by atoms with van der Waals surface area (Å²) in [6.07, 6.45) is 3.71. The molecule has 4 atom stereocenters. The van der Waals surface area contributed by atoms with Crippen molar-refractivity contribution in [2.45, 2.75) is 43.9 Å². The van der Waals surface area contributed by atoms with Gasteiger partial charge >= 0.3 is 10.3 Å². The maximum Gasteiger partial charge on any atom is 0.333 e. The van der Waals surface area contributed by atoms with E-state index in [1.54, 1.807) is 12.3 Å². The molecule has 1 heterocycles. The molecule has 0 unspecified atom stereocenters. The maximum atomic E-state index is 11.0. The number of ether oxygens (including phenoxy) is 1. The Balaban J connectivity index is 1.36. The van der Waals surface area contributed by atoms with Gasteiger partial charge in [-0.2, -0.15) is 8.42 Å². The number of aryl methyl sites for hydroxylation is 1. The van der Waals surface area contributed by atoms with E-state index in [9.17, 15) is 13.5 Å². The van der Waals surface area contributed by atoms with Crippen molar-refractivity contribution in [1.82, 2.24) is 4.98 Å². The molecule has 2 aliphatic rings. The van der Waals surface area contributed by atoms with Gasteiger partial charge < -0.3 is 15.2 Å². The van der Waals surface area contributed by atoms with Gasteiger partial charge in [0, 0.05) is 24.6 Å². The van der Waals surface area contributed by atoms with Gasteiger partial charge in [-0.25, -0.2) is 10.1 Å². The minimum atomic E-state index is -4.02. The van der Waals surface area contributed by atoms with E-state index in [2.05, 4.69) is 32.7 Å². The van der Waals surface area contributed by atoms with Gasteiger partial charge in [0.05, 0.1) is 18.8 Å². The third kappa shape index (κ3) is 5.05. The highest BCUT2D eigenvalue weighted by Gasteiger charge is 2.35. The van der Waals surface area contributed by atoms with Gasteiger partial charge in [0.15, 0.2) is 0 Å². The first-order valence-electron chi connectivity index (χ1n) is 9.69. The number of hydrogen-bond donors (Lipinski definition) is 3. The van der Waals surface area contributed by atoms with Gasteiger partial charge in [-0.05, 0) is 36.5 Å². The number of nitrogens with two attached hydrogens (primary N) is 1. The quantitative estimate of drug-likeness (QED) is 0.626. The summed E-state index contributed by atoms with van der Waals surface area (Å²) in [4.78, 5) is 4.40. The normalized spacial score (nSPS) is 26.3. The number of fused-ring (bicyclic) bond motifs is 1. The molecule has 4 rings (SSSR count). The summed E-state index contributed by atoms with van der Waals surface area (Å²) in [6.45, 7) is -0.149. The van der Waals surface area contributed by atoms with Crippen molar-refractivity contribution >= 4 is 16.1 Å². The van der Waals surface area contributed by atoms with E-state index in [-0.39, 0.29) is 24.7 Å². The topological polar surface area (TPSA) is 124 Å². The molecule has 9 heteroatoms. The fraction of sp³-hybridized carbons (Fsp3) is 0.450. The van der Waals surface area contributed by atoms with Crippen LogP contribution in [0.15, 0.2) is 42.6 Å². The number of nitrogens with zero attached hydrogens (tertiary/aromatic N) is 1. The second-order valence-corrected chi connectivity index (χ2v) is 8.85. The molecule has 29 heavy (non-hydrogen) atoms. The van der Waals surface area contributed by atoms with Crippen molar-refractivity contribution in [2.75, 3.05) is 11.9 Å². The number of aliphatic hydroxyl groups is 1. The summed E-state index contributed by atoms with van der Waals surface area (Å²) >= 11 is 0. The Labute approximate surface area is 170 Å². The molecule has 0 aliphatic heterocycles. The predicted octanol–water partition coefficient (Wildman–Crippen LogP) is 1.92. The number of aliphatic hydroxyl groups excluding tert-OH is 1. The van der Waals surface area contributed by atoms with Crippen LogP contribution in [-0.4, -0.2) is 37.3 Å². The van der Waals surface area contributed by atoms with E-state index in [4.69, 9.17) is 9.88 Å². The highest BCUT2D eigenvalue weighted by Crippen LogP contribution is 2.34. The largest absolute Gasteiger partial charge is 0.490 e. The van der Waals surface area contributed by atoms with Crippen LogP contribution in [-0.2, 0) is 20.9 Å². The molecular weight excluding hydrogens is 394 g/mol. The summed E-state index contributed by atoms with van der Waals surface area (Å²) in [7, 11) is -4.02. The number of hydrogen-bond acceptors (Lipinski definition) is 7. The second-order valence-electron chi connectivity index (χ2n) is 7.63. The van der Waals surface area contributed by atoms with Crippen LogP contribution in [0.25, 0.3) is 0 Å². The summed E-state index contributed by atoms with van der Waals surface area (Å²) in [5.74, 6) is 1.05. The summed E-state index contributed by atoms with van der Waals surface area (Å²) in [5.41, 5.74) is 2.67. The molecule has 8 nitrogen and oxygen atoms in total. The zero-order chi connectivity index (χ0) is 20.4. The maximum absolute atomic E-state index is 11.0. The van der Waals surface area contributed by atoms with Crippen molar-refractivity contribution in [3.63, 3.8) is 0 Å². The van der Waals surface area contributed by atoms with Crippen molar-refractivity contribution < 1.29 is 22.4 Å². The van der Waals surface area contributed by atoms with Gasteiger partial charge in [-0.1, -0.05) is 24.3 Å². The van der Waals surface area contributed by atoms with Gasteiger partial charge in [0.25, 0.3) is 0 Å². The molecule has 2 aromatic rings. The van der Waals surface area contributed by atoms with Crippen LogP contribution in [0.1, 0.15) is 36.4 Å². The fourth-order valence-electron chi connectivity index (χ4n) is 4.15. The molecule has 1 aromatic heterocycles. The second kappa shape index (κ2) is 8.27. The third-order valence-corrected chi connectivity index (χ3v) is 6.01. The number of benzene rings is 1. The summed E-state index contributed by atoms with van der Waals surface area (Å²) in [6, 6.07) is 12.3. The molecule has 0 saturated heterocycles. The zero-order valence-electron chi connectivity index (χ0n) is 15.9. The Morgan fingerprint density at radius 3 is 2.90 bits per heavy atom. The highest BCUT2D eigenvalue weighted by molar-refractivity contribution is 7.84. The Kier molecular flexibility index (Phi) is 5.73. The summed E-state index contributed by atoms with van der Waals surface area (Å²) < 4.78 is 32.5. The number of nitrogens with one attached hydrogen (secondary N) is 1. The SMILES string of the molecule is NS(=O)(=O)OC[C@@H]1C[C@@H](Oc2ccnc(N[C@H]3CCc4ccccc43)c2)C[C@@H]1O. The number of aromatic nitrogens is 1. The molecule has 0 radical (unpaired) electrons. The molecule has 156 valence electrons. The van der Waals surface area contributed by atoms with E-state index >= 15 is 0 Å². The van der Waals surface area contributed by atoms with E-state index in [0.29, 0.717) is 18.6 Å².